The second-order valence-electron chi connectivity index (χ2n) is 7.67. The number of nitrogens with zero attached hydrogens (tertiary/aromatic N) is 2. The Balaban J connectivity index is 2.22. The summed E-state index contributed by atoms with van der Waals surface area (Å²) in [4.78, 5) is -6.92. The molecule has 0 N–H and O–H groups in total. The van der Waals surface area contributed by atoms with Crippen LogP contribution < -0.4 is 0 Å². The lowest BCUT2D eigenvalue weighted by Gasteiger charge is -2.48. The van der Waals surface area contributed by atoms with Crippen LogP contribution in [0.5, 0.6) is 0 Å². The largest absolute Gasteiger partial charge is 0.439 e. The van der Waals surface area contributed by atoms with Gasteiger partial charge in [0.1, 0.15) is 0 Å². The number of ether oxygens (including phenoxy) is 4. The molecule has 2 aliphatic heterocycles. The number of halogens is 22. The van der Waals surface area contributed by atoms with Gasteiger partial charge in [-0.05, 0) is 0 Å². The van der Waals surface area contributed by atoms with Crippen LogP contribution >= 0.6 is 0 Å². The third-order valence-electron chi connectivity index (χ3n) is 4.80. The summed E-state index contributed by atoms with van der Waals surface area (Å²) in [6, 6.07) is -28.2. The summed E-state index contributed by atoms with van der Waals surface area (Å²) >= 11 is 0. The van der Waals surface area contributed by atoms with Gasteiger partial charge in [0.15, 0.2) is 0 Å². The summed E-state index contributed by atoms with van der Waals surface area (Å²) < 4.78 is 304. The molecular weight excluding hydrogens is 678 g/mol. The van der Waals surface area contributed by atoms with Crippen molar-refractivity contribution in [3.63, 3.8) is 0 Å². The van der Waals surface area contributed by atoms with Crippen molar-refractivity contribution in [2.45, 2.75) is 73.4 Å². The highest BCUT2D eigenvalue weighted by molar-refractivity contribution is 4.98. The fourth-order valence-corrected chi connectivity index (χ4v) is 2.84. The summed E-state index contributed by atoms with van der Waals surface area (Å²) in [5.74, 6) is 0. The van der Waals surface area contributed by atoms with Gasteiger partial charge in [0.25, 0.3) is 12.6 Å². The molecule has 42 heavy (non-hydrogen) atoms. The molecule has 0 saturated carbocycles. The van der Waals surface area contributed by atoms with E-state index in [1.54, 1.807) is 0 Å². The minimum atomic E-state index is -7.06. The zero-order chi connectivity index (χ0) is 33.6. The third-order valence-corrected chi connectivity index (χ3v) is 4.80. The van der Waals surface area contributed by atoms with E-state index in [1.807, 2.05) is 9.47 Å². The molecule has 2 unspecified atom stereocenters. The Bertz CT molecular complexity index is 876. The maximum Gasteiger partial charge on any atom is 0.439 e. The summed E-state index contributed by atoms with van der Waals surface area (Å²) in [6.07, 6.45) is -51.9. The first-order valence-electron chi connectivity index (χ1n) is 9.51. The number of hydrogen-bond acceptors (Lipinski definition) is 6. The SMILES string of the molecule is FC(N1C(F)(F)C(F)(F)OC(F)(F)C1(F)F)C(F)(F)OCCOC(F)(F)C(F)N1C(F)(F)C(F)(F)OC(F)(F)C1(F)F. The van der Waals surface area contributed by atoms with Crippen molar-refractivity contribution in [1.82, 2.24) is 9.80 Å². The highest BCUT2D eigenvalue weighted by Crippen LogP contribution is 2.59. The Morgan fingerprint density at radius 2 is 0.643 bits per heavy atom. The summed E-state index contributed by atoms with van der Waals surface area (Å²) in [5, 5.41) is 0. The molecule has 2 rings (SSSR count). The van der Waals surface area contributed by atoms with Gasteiger partial charge in [-0.1, -0.05) is 0 Å². The van der Waals surface area contributed by atoms with Gasteiger partial charge in [-0.25, -0.2) is 18.3 Å². The normalized spacial score (nSPS) is 29.6. The van der Waals surface area contributed by atoms with Crippen molar-refractivity contribution in [2.24, 2.45) is 0 Å². The maximum atomic E-state index is 13.9. The third kappa shape index (κ3) is 5.38. The lowest BCUT2D eigenvalue weighted by Crippen LogP contribution is -2.77. The van der Waals surface area contributed by atoms with E-state index in [-0.39, 0.29) is 0 Å². The van der Waals surface area contributed by atoms with Crippen LogP contribution in [-0.2, 0) is 18.9 Å². The Kier molecular flexibility index (Phi) is 8.55. The molecule has 2 atom stereocenters. The van der Waals surface area contributed by atoms with Crippen LogP contribution in [0, 0.1) is 0 Å². The molecule has 0 aliphatic carbocycles. The Morgan fingerprint density at radius 1 is 0.452 bits per heavy atom. The molecule has 2 fully saturated rings. The molecule has 0 aromatic rings. The predicted octanol–water partition coefficient (Wildman–Crippen LogP) is 6.20. The zero-order valence-electron chi connectivity index (χ0n) is 18.4. The number of hydrogen-bond donors (Lipinski definition) is 0. The average molecular weight is 684 g/mol. The average Bonchev–Trinajstić information content (AvgIpc) is 2.72. The van der Waals surface area contributed by atoms with E-state index in [1.165, 1.54) is 0 Å². The standard InChI is InChI=1S/C14H6F22N2O4/c15-3(37-7(21,22)11(29,30)41-12(31,32)8(37,23)24)5(17,18)39-1-2-40-6(19,20)4(16)38-9(25,26)13(33,34)42-14(35,36)10(38,27)28/h3-4H,1-2H2. The van der Waals surface area contributed by atoms with E-state index in [0.717, 1.165) is 0 Å². The van der Waals surface area contributed by atoms with Crippen LogP contribution in [0.4, 0.5) is 96.6 Å². The first-order valence-corrected chi connectivity index (χ1v) is 9.51. The smallest absolute Gasteiger partial charge is 0.315 e. The molecule has 2 aliphatic rings. The zero-order valence-corrected chi connectivity index (χ0v) is 18.4. The number of rotatable bonds is 9. The van der Waals surface area contributed by atoms with E-state index in [0.29, 0.717) is 0 Å². The Morgan fingerprint density at radius 3 is 0.833 bits per heavy atom. The highest BCUT2D eigenvalue weighted by Gasteiger charge is 2.87. The van der Waals surface area contributed by atoms with Crippen molar-refractivity contribution >= 4 is 0 Å². The molecule has 0 spiro atoms. The fourth-order valence-electron chi connectivity index (χ4n) is 2.84. The molecule has 2 heterocycles. The quantitative estimate of drug-likeness (QED) is 0.164. The molecule has 0 aromatic heterocycles. The molecule has 0 radical (unpaired) electrons. The van der Waals surface area contributed by atoms with Crippen molar-refractivity contribution in [3.05, 3.63) is 0 Å². The maximum absolute atomic E-state index is 13.9. The summed E-state index contributed by atoms with van der Waals surface area (Å²) in [6.45, 7) is -5.29. The monoisotopic (exact) mass is 684 g/mol. The molecule has 2 saturated heterocycles. The fraction of sp³-hybridized carbons (Fsp3) is 1.00. The summed E-state index contributed by atoms with van der Waals surface area (Å²) in [7, 11) is 0. The van der Waals surface area contributed by atoms with Crippen LogP contribution in [0.1, 0.15) is 0 Å². The van der Waals surface area contributed by atoms with Gasteiger partial charge in [-0.15, -0.1) is 9.80 Å². The molecule has 6 nitrogen and oxygen atoms in total. The predicted molar refractivity (Wildman–Crippen MR) is 77.0 cm³/mol. The first-order chi connectivity index (χ1) is 18.2. The van der Waals surface area contributed by atoms with Gasteiger partial charge >= 0.3 is 60.8 Å². The van der Waals surface area contributed by atoms with Gasteiger partial charge in [0.2, 0.25) is 0 Å². The molecule has 0 bridgehead atoms. The first kappa shape index (κ1) is 36.4. The van der Waals surface area contributed by atoms with E-state index in [4.69, 9.17) is 0 Å². The minimum Gasteiger partial charge on any atom is -0.315 e. The van der Waals surface area contributed by atoms with Crippen LogP contribution in [0.2, 0.25) is 0 Å². The molecule has 28 heteroatoms. The highest BCUT2D eigenvalue weighted by atomic mass is 19.4. The Hall–Kier alpha value is -1.78. The van der Waals surface area contributed by atoms with Gasteiger partial charge in [-0.3, -0.25) is 0 Å². The van der Waals surface area contributed by atoms with Gasteiger partial charge in [0, 0.05) is 0 Å². The molecule has 0 aromatic carbocycles. The lowest BCUT2D eigenvalue weighted by molar-refractivity contribution is -0.579. The number of morpholine rings is 2. The number of alkyl halides is 22. The molecule has 250 valence electrons. The summed E-state index contributed by atoms with van der Waals surface area (Å²) in [5.41, 5.74) is 0. The van der Waals surface area contributed by atoms with Crippen molar-refractivity contribution in [1.29, 1.82) is 0 Å². The van der Waals surface area contributed by atoms with E-state index < -0.39 is 96.4 Å². The van der Waals surface area contributed by atoms with Crippen molar-refractivity contribution in [2.75, 3.05) is 13.2 Å². The second kappa shape index (κ2) is 9.86. The van der Waals surface area contributed by atoms with Crippen LogP contribution in [-0.4, -0.2) is 96.4 Å². The van der Waals surface area contributed by atoms with Crippen LogP contribution in [0.25, 0.3) is 0 Å². The van der Waals surface area contributed by atoms with Gasteiger partial charge in [-0.2, -0.15) is 87.8 Å². The van der Waals surface area contributed by atoms with Gasteiger partial charge in [0.05, 0.1) is 13.2 Å². The van der Waals surface area contributed by atoms with E-state index in [2.05, 4.69) is 9.47 Å². The van der Waals surface area contributed by atoms with Gasteiger partial charge < -0.3 is 9.47 Å². The molecule has 0 amide bonds. The van der Waals surface area contributed by atoms with Crippen molar-refractivity contribution in [3.8, 4) is 0 Å². The van der Waals surface area contributed by atoms with Crippen molar-refractivity contribution < 1.29 is 116 Å². The minimum absolute atomic E-state index is 1.84. The Labute approximate surface area is 213 Å². The van der Waals surface area contributed by atoms with Crippen LogP contribution in [0.3, 0.4) is 0 Å². The second-order valence-corrected chi connectivity index (χ2v) is 7.67. The van der Waals surface area contributed by atoms with E-state index >= 15 is 0 Å². The molecular formula is C14H6F22N2O4. The lowest BCUT2D eigenvalue weighted by atomic mass is 10.2. The van der Waals surface area contributed by atoms with Crippen LogP contribution in [0.15, 0.2) is 0 Å². The topological polar surface area (TPSA) is 43.4 Å². The van der Waals surface area contributed by atoms with E-state index in [9.17, 15) is 96.6 Å².